The molecule has 0 aliphatic heterocycles. The van der Waals surface area contributed by atoms with Crippen LogP contribution >= 0.6 is 0 Å². The predicted molar refractivity (Wildman–Crippen MR) is 120 cm³/mol. The monoisotopic (exact) mass is 436 g/mol. The molecule has 1 fully saturated rings. The van der Waals surface area contributed by atoms with Crippen molar-refractivity contribution in [3.63, 3.8) is 0 Å². The lowest BCUT2D eigenvalue weighted by Crippen LogP contribution is -2.14. The van der Waals surface area contributed by atoms with E-state index >= 15 is 0 Å². The summed E-state index contributed by atoms with van der Waals surface area (Å²) in [7, 11) is 0. The lowest BCUT2D eigenvalue weighted by atomic mass is 9.77. The summed E-state index contributed by atoms with van der Waals surface area (Å²) in [5.74, 6) is 2.94. The highest BCUT2D eigenvalue weighted by Crippen LogP contribution is 2.38. The van der Waals surface area contributed by atoms with Crippen molar-refractivity contribution in [2.24, 2.45) is 5.92 Å². The quantitative estimate of drug-likeness (QED) is 0.221. The molecule has 0 amide bonds. The zero-order chi connectivity index (χ0) is 22.7. The molecule has 4 heteroatoms. The number of benzene rings is 3. The van der Waals surface area contributed by atoms with Gasteiger partial charge in [-0.2, -0.15) is 0 Å². The van der Waals surface area contributed by atoms with Crippen LogP contribution in [0, 0.1) is 41.0 Å². The van der Waals surface area contributed by atoms with E-state index in [1.807, 2.05) is 6.08 Å². The molecule has 0 saturated heterocycles. The molecule has 0 spiro atoms. The summed E-state index contributed by atoms with van der Waals surface area (Å²) < 4.78 is 56.6. The van der Waals surface area contributed by atoms with Crippen LogP contribution in [0.2, 0.25) is 0 Å². The van der Waals surface area contributed by atoms with Gasteiger partial charge in [-0.1, -0.05) is 30.0 Å². The fourth-order valence-electron chi connectivity index (χ4n) is 4.56. The maximum absolute atomic E-state index is 14.7. The Morgan fingerprint density at radius 1 is 0.844 bits per heavy atom. The molecule has 1 aliphatic carbocycles. The van der Waals surface area contributed by atoms with E-state index < -0.39 is 23.3 Å². The van der Waals surface area contributed by atoms with Crippen LogP contribution in [-0.4, -0.2) is 0 Å². The first-order valence-corrected chi connectivity index (χ1v) is 11.0. The first-order valence-electron chi connectivity index (χ1n) is 11.0. The summed E-state index contributed by atoms with van der Waals surface area (Å²) in [4.78, 5) is 0. The summed E-state index contributed by atoms with van der Waals surface area (Å²) in [6.07, 6.45) is 8.07. The van der Waals surface area contributed by atoms with Crippen LogP contribution < -0.4 is 0 Å². The van der Waals surface area contributed by atoms with Crippen LogP contribution in [0.1, 0.15) is 61.1 Å². The second-order valence-electron chi connectivity index (χ2n) is 8.49. The number of allylic oxidation sites excluding steroid dienone is 1. The zero-order valence-electron chi connectivity index (χ0n) is 17.7. The van der Waals surface area contributed by atoms with Gasteiger partial charge in [0.05, 0.1) is 5.56 Å². The molecular formula is C28H24F4. The van der Waals surface area contributed by atoms with Gasteiger partial charge in [-0.05, 0) is 91.6 Å². The van der Waals surface area contributed by atoms with Gasteiger partial charge in [0.1, 0.15) is 11.6 Å². The summed E-state index contributed by atoms with van der Waals surface area (Å²) in [5.41, 5.74) is 0.874. The molecule has 0 N–H and O–H groups in total. The van der Waals surface area contributed by atoms with Crippen LogP contribution in [-0.2, 0) is 0 Å². The number of halogens is 4. The molecular weight excluding hydrogens is 412 g/mol. The van der Waals surface area contributed by atoms with E-state index in [1.165, 1.54) is 30.3 Å². The Hall–Kier alpha value is -3.06. The van der Waals surface area contributed by atoms with Gasteiger partial charge < -0.3 is 0 Å². The number of fused-ring (bicyclic) bond motifs is 1. The van der Waals surface area contributed by atoms with Crippen molar-refractivity contribution in [1.82, 2.24) is 0 Å². The van der Waals surface area contributed by atoms with Gasteiger partial charge in [0, 0.05) is 10.9 Å². The van der Waals surface area contributed by atoms with Crippen molar-refractivity contribution >= 4 is 10.8 Å². The smallest absolute Gasteiger partial charge is 0.166 e. The van der Waals surface area contributed by atoms with Crippen LogP contribution in [0.3, 0.4) is 0 Å². The largest absolute Gasteiger partial charge is 0.206 e. The van der Waals surface area contributed by atoms with Gasteiger partial charge in [-0.15, -0.1) is 6.58 Å². The third-order valence-corrected chi connectivity index (χ3v) is 6.40. The lowest BCUT2D eigenvalue weighted by Gasteiger charge is -2.28. The number of hydrogen-bond acceptors (Lipinski definition) is 0. The van der Waals surface area contributed by atoms with Gasteiger partial charge in [-0.3, -0.25) is 0 Å². The van der Waals surface area contributed by atoms with E-state index in [9.17, 15) is 17.6 Å². The van der Waals surface area contributed by atoms with Crippen molar-refractivity contribution in [2.45, 2.75) is 44.4 Å². The standard InChI is InChI=1S/C28H24F4/c1-2-3-4-18-5-9-20(10-6-18)22-16-26(30)24(27(31)17-22)13-8-19-7-12-23-21(15-19)11-14-25(29)28(23)32/h2,7,11-12,14-18,20H,1,3-6,9-10H2. The number of hydrogen-bond donors (Lipinski definition) is 0. The Morgan fingerprint density at radius 3 is 2.25 bits per heavy atom. The molecule has 3 aromatic rings. The van der Waals surface area contributed by atoms with Crippen LogP contribution in [0.15, 0.2) is 55.1 Å². The molecule has 0 nitrogen and oxygen atoms in total. The molecule has 164 valence electrons. The Kier molecular flexibility index (Phi) is 6.65. The minimum Gasteiger partial charge on any atom is -0.206 e. The fraction of sp³-hybridized carbons (Fsp3) is 0.286. The van der Waals surface area contributed by atoms with Gasteiger partial charge in [0.25, 0.3) is 0 Å². The topological polar surface area (TPSA) is 0 Å². The molecule has 1 aliphatic rings. The molecule has 0 heterocycles. The first kappa shape index (κ1) is 22.1. The number of rotatable bonds is 4. The van der Waals surface area contributed by atoms with E-state index in [4.69, 9.17) is 0 Å². The van der Waals surface area contributed by atoms with Crippen LogP contribution in [0.25, 0.3) is 10.8 Å². The Balaban J connectivity index is 1.53. The Bertz CT molecular complexity index is 1180. The van der Waals surface area contributed by atoms with Crippen molar-refractivity contribution in [3.8, 4) is 11.8 Å². The fourth-order valence-corrected chi connectivity index (χ4v) is 4.56. The summed E-state index contributed by atoms with van der Waals surface area (Å²) in [6.45, 7) is 3.77. The molecule has 0 unspecified atom stereocenters. The molecule has 1 saturated carbocycles. The Morgan fingerprint density at radius 2 is 1.56 bits per heavy atom. The molecule has 32 heavy (non-hydrogen) atoms. The van der Waals surface area contributed by atoms with E-state index in [0.717, 1.165) is 44.6 Å². The van der Waals surface area contributed by atoms with E-state index in [2.05, 4.69) is 18.4 Å². The lowest BCUT2D eigenvalue weighted by molar-refractivity contribution is 0.311. The maximum atomic E-state index is 14.7. The van der Waals surface area contributed by atoms with Crippen LogP contribution in [0.5, 0.6) is 0 Å². The second-order valence-corrected chi connectivity index (χ2v) is 8.49. The molecule has 0 aromatic heterocycles. The Labute approximate surface area is 186 Å². The SMILES string of the molecule is C=CCCC1CCC(c2cc(F)c(C#Cc3ccc4c(F)c(F)ccc4c3)c(F)c2)CC1. The minimum absolute atomic E-state index is 0.136. The molecule has 0 atom stereocenters. The maximum Gasteiger partial charge on any atom is 0.166 e. The van der Waals surface area contributed by atoms with E-state index in [-0.39, 0.29) is 16.9 Å². The van der Waals surface area contributed by atoms with Crippen molar-refractivity contribution in [1.29, 1.82) is 0 Å². The molecule has 0 radical (unpaired) electrons. The first-order chi connectivity index (χ1) is 15.5. The molecule has 0 bridgehead atoms. The van der Waals surface area contributed by atoms with Crippen molar-refractivity contribution in [3.05, 3.63) is 95.1 Å². The highest BCUT2D eigenvalue weighted by atomic mass is 19.2. The third kappa shape index (κ3) is 4.72. The van der Waals surface area contributed by atoms with Crippen LogP contribution in [0.4, 0.5) is 17.6 Å². The summed E-state index contributed by atoms with van der Waals surface area (Å²) in [5, 5.41) is 0.604. The van der Waals surface area contributed by atoms with E-state index in [0.29, 0.717) is 22.4 Å². The van der Waals surface area contributed by atoms with E-state index in [1.54, 1.807) is 6.07 Å². The third-order valence-electron chi connectivity index (χ3n) is 6.40. The molecule has 4 rings (SSSR count). The zero-order valence-corrected chi connectivity index (χ0v) is 17.7. The highest BCUT2D eigenvalue weighted by molar-refractivity contribution is 5.84. The van der Waals surface area contributed by atoms with Gasteiger partial charge in [-0.25, -0.2) is 17.6 Å². The van der Waals surface area contributed by atoms with Gasteiger partial charge in [0.2, 0.25) is 0 Å². The van der Waals surface area contributed by atoms with Gasteiger partial charge in [0.15, 0.2) is 11.6 Å². The summed E-state index contributed by atoms with van der Waals surface area (Å²) >= 11 is 0. The van der Waals surface area contributed by atoms with Crippen molar-refractivity contribution in [2.75, 3.05) is 0 Å². The molecule has 3 aromatic carbocycles. The summed E-state index contributed by atoms with van der Waals surface area (Å²) in [6, 6.07) is 9.78. The average molecular weight is 436 g/mol. The predicted octanol–water partition coefficient (Wildman–Crippen LogP) is 8.04. The minimum atomic E-state index is -0.926. The average Bonchev–Trinajstić information content (AvgIpc) is 2.80. The normalized spacial score (nSPS) is 18.2. The highest BCUT2D eigenvalue weighted by Gasteiger charge is 2.23. The van der Waals surface area contributed by atoms with Gasteiger partial charge >= 0.3 is 0 Å². The second kappa shape index (κ2) is 9.61. The van der Waals surface area contributed by atoms with Crippen molar-refractivity contribution < 1.29 is 17.6 Å².